The fourth-order valence-electron chi connectivity index (χ4n) is 8.66. The quantitative estimate of drug-likeness (QED) is 0.102. The van der Waals surface area contributed by atoms with E-state index in [1.807, 2.05) is 0 Å². The van der Waals surface area contributed by atoms with Crippen molar-refractivity contribution in [3.05, 3.63) is 29.1 Å². The number of hydrogen-bond donors (Lipinski definition) is 2. The van der Waals surface area contributed by atoms with E-state index in [2.05, 4.69) is 9.08 Å². The van der Waals surface area contributed by atoms with Crippen molar-refractivity contribution in [2.45, 2.75) is 97.4 Å². The third kappa shape index (κ3) is 12.8. The van der Waals surface area contributed by atoms with Gasteiger partial charge in [0, 0.05) is 38.8 Å². The molecule has 4 aliphatic rings. The molecule has 2 amide bonds. The maximum Gasteiger partial charge on any atom is 0.407 e. The van der Waals surface area contributed by atoms with E-state index in [0.29, 0.717) is 51.4 Å². The minimum Gasteiger partial charge on any atom is -0.465 e. The second kappa shape index (κ2) is 19.9. The summed E-state index contributed by atoms with van der Waals surface area (Å²) >= 11 is 0. The summed E-state index contributed by atoms with van der Waals surface area (Å²) in [4.78, 5) is 27.9. The van der Waals surface area contributed by atoms with Crippen molar-refractivity contribution >= 4 is 32.3 Å². The number of likely N-dealkylation sites (tertiary alicyclic amines) is 3. The van der Waals surface area contributed by atoms with E-state index in [4.69, 9.17) is 5.11 Å². The lowest BCUT2D eigenvalue weighted by Crippen LogP contribution is -2.54. The summed E-state index contributed by atoms with van der Waals surface area (Å²) in [6.07, 6.45) is 6.95. The molecule has 2 N–H and O–H groups in total. The lowest BCUT2D eigenvalue weighted by molar-refractivity contribution is 0.0219. The molecular formula is C37H57F5N4O9S2. The van der Waals surface area contributed by atoms with Gasteiger partial charge in [0.15, 0.2) is 0 Å². The second-order valence-corrected chi connectivity index (χ2v) is 20.5. The maximum atomic E-state index is 13.7. The van der Waals surface area contributed by atoms with Gasteiger partial charge in [0.1, 0.15) is 0 Å². The van der Waals surface area contributed by atoms with Crippen LogP contribution in [0.5, 0.6) is 5.75 Å². The first-order chi connectivity index (χ1) is 26.6. The standard InChI is InChI=1S/C19H35N3O4S.C18H22F5NO5S/c23-19(24)21-11-3-4-18(16-21)8-15-27(25,26)22-13-6-17(7-14-22)5-12-20-9-1-2-10-20;1-18(2,3)16-9(5-4-7-24(16)17(25)26)6-8-30(27,28)29-15-13(22)11(20)10(19)12(21)14(15)23/h17-18H,1-16H2,(H,23,24);9,16H,4-8H2,1-3H3,(H,25,26). The van der Waals surface area contributed by atoms with Crippen LogP contribution in [0.15, 0.2) is 0 Å². The summed E-state index contributed by atoms with van der Waals surface area (Å²) in [7, 11) is -7.95. The zero-order valence-electron chi connectivity index (χ0n) is 32.9. The minimum atomic E-state index is -4.73. The van der Waals surface area contributed by atoms with Gasteiger partial charge in [-0.3, -0.25) is 0 Å². The third-order valence-electron chi connectivity index (χ3n) is 11.6. The largest absolute Gasteiger partial charge is 0.465 e. The molecule has 0 saturated carbocycles. The Kier molecular flexibility index (Phi) is 16.3. The minimum absolute atomic E-state index is 0.122. The van der Waals surface area contributed by atoms with Crippen LogP contribution in [0.25, 0.3) is 0 Å². The average molecular weight is 861 g/mol. The summed E-state index contributed by atoms with van der Waals surface area (Å²) in [5.41, 5.74) is -0.532. The van der Waals surface area contributed by atoms with Crippen molar-refractivity contribution < 1.29 is 62.8 Å². The summed E-state index contributed by atoms with van der Waals surface area (Å²) in [5, 5.41) is 18.6. The third-order valence-corrected chi connectivity index (χ3v) is 14.7. The Hall–Kier alpha value is -2.97. The SMILES string of the molecule is CC(C)(C)C1C(CCS(=O)(=O)Oc2c(F)c(F)c(F)c(F)c2F)CCCN1C(=O)O.O=C(O)N1CCCC(CCS(=O)(=O)N2CCC(CCN3CCCC3)CC2)C1. The Labute approximate surface area is 332 Å². The number of halogens is 5. The summed E-state index contributed by atoms with van der Waals surface area (Å²) < 4.78 is 123. The Balaban J connectivity index is 0.000000254. The number of hydrogen-bond acceptors (Lipinski definition) is 8. The van der Waals surface area contributed by atoms with Crippen molar-refractivity contribution in [3.63, 3.8) is 0 Å². The van der Waals surface area contributed by atoms with E-state index in [0.717, 1.165) is 25.7 Å². The van der Waals surface area contributed by atoms with Crippen molar-refractivity contribution in [1.29, 1.82) is 0 Å². The molecule has 4 aliphatic heterocycles. The average Bonchev–Trinajstić information content (AvgIpc) is 3.69. The van der Waals surface area contributed by atoms with Gasteiger partial charge in [-0.15, -0.1) is 0 Å². The zero-order chi connectivity index (χ0) is 42.3. The van der Waals surface area contributed by atoms with Gasteiger partial charge in [0.25, 0.3) is 0 Å². The normalized spacial score (nSPS) is 23.3. The Morgan fingerprint density at radius 1 is 0.684 bits per heavy atom. The lowest BCUT2D eigenvalue weighted by atomic mass is 9.73. The molecule has 4 saturated heterocycles. The first-order valence-electron chi connectivity index (χ1n) is 19.7. The molecule has 0 aromatic heterocycles. The van der Waals surface area contributed by atoms with Crippen LogP contribution in [-0.2, 0) is 20.1 Å². The number of amides is 2. The van der Waals surface area contributed by atoms with Gasteiger partial charge in [-0.05, 0) is 113 Å². The lowest BCUT2D eigenvalue weighted by Gasteiger charge is -2.46. The first-order valence-corrected chi connectivity index (χ1v) is 22.9. The molecule has 1 aromatic rings. The van der Waals surface area contributed by atoms with Crippen LogP contribution in [0.2, 0.25) is 0 Å². The van der Waals surface area contributed by atoms with Gasteiger partial charge in [0.2, 0.25) is 44.9 Å². The fourth-order valence-corrected chi connectivity index (χ4v) is 11.4. The van der Waals surface area contributed by atoms with Crippen LogP contribution >= 0.6 is 0 Å². The molecule has 0 radical (unpaired) electrons. The van der Waals surface area contributed by atoms with Gasteiger partial charge in [-0.1, -0.05) is 20.8 Å². The molecular weight excluding hydrogens is 804 g/mol. The number of benzene rings is 1. The highest BCUT2D eigenvalue weighted by molar-refractivity contribution is 7.89. The number of nitrogens with zero attached hydrogens (tertiary/aromatic N) is 4. The van der Waals surface area contributed by atoms with Gasteiger partial charge in [0.05, 0.1) is 11.5 Å². The molecule has 57 heavy (non-hydrogen) atoms. The number of piperidine rings is 3. The van der Waals surface area contributed by atoms with Crippen LogP contribution in [0.4, 0.5) is 31.5 Å². The fraction of sp³-hybridized carbons (Fsp3) is 0.784. The Morgan fingerprint density at radius 3 is 1.82 bits per heavy atom. The van der Waals surface area contributed by atoms with Crippen LogP contribution < -0.4 is 4.18 Å². The number of rotatable bonds is 12. The van der Waals surface area contributed by atoms with E-state index in [-0.39, 0.29) is 24.6 Å². The van der Waals surface area contributed by atoms with Crippen molar-refractivity contribution in [1.82, 2.24) is 19.0 Å². The van der Waals surface area contributed by atoms with E-state index in [9.17, 15) is 53.5 Å². The Bertz CT molecular complexity index is 1740. The predicted octanol–water partition coefficient (Wildman–Crippen LogP) is 6.58. The van der Waals surface area contributed by atoms with Crippen molar-refractivity contribution in [2.24, 2.45) is 23.2 Å². The van der Waals surface area contributed by atoms with Gasteiger partial charge < -0.3 is 29.1 Å². The van der Waals surface area contributed by atoms with E-state index < -0.39 is 90.3 Å². The molecule has 4 heterocycles. The number of sulfonamides is 1. The zero-order valence-corrected chi connectivity index (χ0v) is 34.5. The smallest absolute Gasteiger partial charge is 0.407 e. The second-order valence-electron chi connectivity index (χ2n) is 16.7. The molecule has 326 valence electrons. The van der Waals surface area contributed by atoms with E-state index in [1.165, 1.54) is 48.7 Å². The molecule has 0 spiro atoms. The van der Waals surface area contributed by atoms with Crippen molar-refractivity contribution in [3.8, 4) is 5.75 Å². The van der Waals surface area contributed by atoms with E-state index >= 15 is 0 Å². The summed E-state index contributed by atoms with van der Waals surface area (Å²) in [6, 6.07) is -0.534. The topological polar surface area (TPSA) is 165 Å². The van der Waals surface area contributed by atoms with Crippen LogP contribution in [0.1, 0.15) is 91.4 Å². The molecule has 1 aromatic carbocycles. The first kappa shape index (κ1) is 46.7. The van der Waals surface area contributed by atoms with Crippen LogP contribution in [0, 0.1) is 52.3 Å². The number of carbonyl (C=O) groups is 2. The molecule has 3 unspecified atom stereocenters. The summed E-state index contributed by atoms with van der Waals surface area (Å²) in [6.45, 7) is 11.6. The molecule has 3 atom stereocenters. The monoisotopic (exact) mass is 860 g/mol. The van der Waals surface area contributed by atoms with Crippen LogP contribution in [-0.4, -0.2) is 128 Å². The van der Waals surface area contributed by atoms with Gasteiger partial charge >= 0.3 is 22.3 Å². The molecule has 4 fully saturated rings. The van der Waals surface area contributed by atoms with Gasteiger partial charge in [-0.2, -0.15) is 17.2 Å². The summed E-state index contributed by atoms with van der Waals surface area (Å²) in [5.74, 6) is -14.0. The molecule has 13 nitrogen and oxygen atoms in total. The van der Waals surface area contributed by atoms with Gasteiger partial charge in [-0.25, -0.2) is 35.5 Å². The molecule has 0 aliphatic carbocycles. The highest BCUT2D eigenvalue weighted by Gasteiger charge is 2.42. The number of carboxylic acid groups (broad SMARTS) is 2. The Morgan fingerprint density at radius 2 is 1.26 bits per heavy atom. The molecule has 5 rings (SSSR count). The highest BCUT2D eigenvalue weighted by atomic mass is 32.2. The predicted molar refractivity (Wildman–Crippen MR) is 201 cm³/mol. The van der Waals surface area contributed by atoms with Crippen LogP contribution in [0.3, 0.4) is 0 Å². The molecule has 0 bridgehead atoms. The van der Waals surface area contributed by atoms with E-state index in [1.54, 1.807) is 25.1 Å². The molecule has 20 heteroatoms. The maximum absolute atomic E-state index is 13.7. The highest BCUT2D eigenvalue weighted by Crippen LogP contribution is 2.38. The van der Waals surface area contributed by atoms with Crippen molar-refractivity contribution in [2.75, 3.05) is 63.9 Å².